The molecule has 16 heavy (non-hydrogen) atoms. The minimum absolute atomic E-state index is 0.146. The van der Waals surface area contributed by atoms with Crippen molar-refractivity contribution < 1.29 is 5.11 Å². The molecule has 0 bridgehead atoms. The maximum absolute atomic E-state index is 9.93. The van der Waals surface area contributed by atoms with E-state index in [-0.39, 0.29) is 6.04 Å². The third kappa shape index (κ3) is 3.80. The van der Waals surface area contributed by atoms with Gasteiger partial charge in [-0.15, -0.1) is 6.58 Å². The maximum atomic E-state index is 9.93. The zero-order valence-electron chi connectivity index (χ0n) is 9.08. The minimum atomic E-state index is -0.673. The molecule has 1 aromatic rings. The predicted molar refractivity (Wildman–Crippen MR) is 69.1 cm³/mol. The van der Waals surface area contributed by atoms with Crippen LogP contribution < -0.4 is 5.32 Å². The van der Waals surface area contributed by atoms with Gasteiger partial charge in [0.15, 0.2) is 0 Å². The monoisotopic (exact) mass is 259 g/mol. The van der Waals surface area contributed by atoms with E-state index in [0.29, 0.717) is 22.2 Å². The van der Waals surface area contributed by atoms with E-state index < -0.39 is 6.10 Å². The van der Waals surface area contributed by atoms with Gasteiger partial charge in [-0.05, 0) is 25.1 Å². The number of halogens is 2. The largest absolute Gasteiger partial charge is 0.387 e. The van der Waals surface area contributed by atoms with Gasteiger partial charge >= 0.3 is 0 Å². The molecule has 4 heteroatoms. The Hall–Kier alpha value is -0.540. The summed E-state index contributed by atoms with van der Waals surface area (Å²) in [4.78, 5) is 0. The number of rotatable bonds is 5. The average molecular weight is 260 g/mol. The molecule has 0 spiro atoms. The van der Waals surface area contributed by atoms with Crippen LogP contribution in [0.3, 0.4) is 0 Å². The van der Waals surface area contributed by atoms with Crippen LogP contribution in [0.1, 0.15) is 18.6 Å². The van der Waals surface area contributed by atoms with Crippen molar-refractivity contribution in [2.45, 2.75) is 19.1 Å². The van der Waals surface area contributed by atoms with E-state index in [1.54, 1.807) is 24.3 Å². The normalized spacial score (nSPS) is 14.5. The lowest BCUT2D eigenvalue weighted by Crippen LogP contribution is -2.28. The summed E-state index contributed by atoms with van der Waals surface area (Å²) in [5.41, 5.74) is 0.637. The fraction of sp³-hybridized carbons (Fsp3) is 0.333. The van der Waals surface area contributed by atoms with Gasteiger partial charge in [-0.3, -0.25) is 0 Å². The van der Waals surface area contributed by atoms with Gasteiger partial charge in [-0.25, -0.2) is 0 Å². The van der Waals surface area contributed by atoms with Crippen molar-refractivity contribution in [1.82, 2.24) is 5.32 Å². The first-order valence-corrected chi connectivity index (χ1v) is 5.79. The molecule has 2 unspecified atom stereocenters. The average Bonchev–Trinajstić information content (AvgIpc) is 2.28. The molecule has 0 aliphatic heterocycles. The molecule has 2 atom stereocenters. The Morgan fingerprint density at radius 3 is 2.81 bits per heavy atom. The predicted octanol–water partition coefficient (Wildman–Crippen LogP) is 3.19. The highest BCUT2D eigenvalue weighted by molar-refractivity contribution is 6.33. The minimum Gasteiger partial charge on any atom is -0.387 e. The van der Waals surface area contributed by atoms with Crippen LogP contribution in [0.25, 0.3) is 0 Å². The van der Waals surface area contributed by atoms with Crippen LogP contribution in [0.2, 0.25) is 10.0 Å². The van der Waals surface area contributed by atoms with E-state index >= 15 is 0 Å². The lowest BCUT2D eigenvalue weighted by Gasteiger charge is -2.16. The molecule has 2 N–H and O–H groups in total. The van der Waals surface area contributed by atoms with Gasteiger partial charge in [-0.2, -0.15) is 0 Å². The van der Waals surface area contributed by atoms with Crippen molar-refractivity contribution >= 4 is 23.2 Å². The molecular formula is C12H15Cl2NO. The Balaban J connectivity index is 2.68. The number of nitrogens with one attached hydrogen (secondary N) is 1. The second-order valence-electron chi connectivity index (χ2n) is 3.61. The SMILES string of the molecule is C=CC(C)NCC(O)c1cc(Cl)ccc1Cl. The maximum Gasteiger partial charge on any atom is 0.0929 e. The van der Waals surface area contributed by atoms with Gasteiger partial charge < -0.3 is 10.4 Å². The van der Waals surface area contributed by atoms with E-state index in [1.807, 2.05) is 6.92 Å². The zero-order chi connectivity index (χ0) is 12.1. The zero-order valence-corrected chi connectivity index (χ0v) is 10.6. The molecule has 0 heterocycles. The lowest BCUT2D eigenvalue weighted by molar-refractivity contribution is 0.173. The van der Waals surface area contributed by atoms with Crippen molar-refractivity contribution in [3.63, 3.8) is 0 Å². The summed E-state index contributed by atoms with van der Waals surface area (Å²) >= 11 is 11.8. The second kappa shape index (κ2) is 6.26. The number of hydrogen-bond donors (Lipinski definition) is 2. The fourth-order valence-electron chi connectivity index (χ4n) is 1.26. The Bertz CT molecular complexity index is 368. The summed E-state index contributed by atoms with van der Waals surface area (Å²) in [6, 6.07) is 5.20. The summed E-state index contributed by atoms with van der Waals surface area (Å²) < 4.78 is 0. The Kier molecular flexibility index (Phi) is 5.29. The molecule has 1 rings (SSSR count). The standard InChI is InChI=1S/C12H15Cl2NO/c1-3-8(2)15-7-12(16)10-6-9(13)4-5-11(10)14/h3-6,8,12,15-16H,1,7H2,2H3. The molecule has 0 aliphatic rings. The van der Waals surface area contributed by atoms with Crippen LogP contribution in [0.5, 0.6) is 0 Å². The summed E-state index contributed by atoms with van der Waals surface area (Å²) in [5, 5.41) is 14.1. The van der Waals surface area contributed by atoms with Crippen molar-refractivity contribution in [3.05, 3.63) is 46.5 Å². The lowest BCUT2D eigenvalue weighted by atomic mass is 10.1. The fourth-order valence-corrected chi connectivity index (χ4v) is 1.68. The van der Waals surface area contributed by atoms with Crippen LogP contribution >= 0.6 is 23.2 Å². The second-order valence-corrected chi connectivity index (χ2v) is 4.46. The van der Waals surface area contributed by atoms with E-state index in [9.17, 15) is 5.11 Å². The molecule has 0 saturated carbocycles. The van der Waals surface area contributed by atoms with Gasteiger partial charge in [0.05, 0.1) is 6.10 Å². The van der Waals surface area contributed by atoms with Gasteiger partial charge in [0.2, 0.25) is 0 Å². The van der Waals surface area contributed by atoms with E-state index in [0.717, 1.165) is 0 Å². The topological polar surface area (TPSA) is 32.3 Å². The number of benzene rings is 1. The summed E-state index contributed by atoms with van der Waals surface area (Å²) in [7, 11) is 0. The van der Waals surface area contributed by atoms with Crippen LogP contribution in [0.4, 0.5) is 0 Å². The highest BCUT2D eigenvalue weighted by Gasteiger charge is 2.12. The van der Waals surface area contributed by atoms with Crippen LogP contribution in [-0.4, -0.2) is 17.7 Å². The highest BCUT2D eigenvalue weighted by atomic mass is 35.5. The molecule has 1 aromatic carbocycles. The first-order valence-electron chi connectivity index (χ1n) is 5.03. The first-order chi connectivity index (χ1) is 7.54. The molecule has 0 aromatic heterocycles. The van der Waals surface area contributed by atoms with E-state index in [1.165, 1.54) is 0 Å². The van der Waals surface area contributed by atoms with Crippen molar-refractivity contribution in [3.8, 4) is 0 Å². The molecule has 88 valence electrons. The third-order valence-electron chi connectivity index (χ3n) is 2.30. The van der Waals surface area contributed by atoms with Gasteiger partial charge in [0.25, 0.3) is 0 Å². The van der Waals surface area contributed by atoms with Gasteiger partial charge in [-0.1, -0.05) is 29.3 Å². The van der Waals surface area contributed by atoms with Crippen molar-refractivity contribution in [2.75, 3.05) is 6.54 Å². The molecular weight excluding hydrogens is 245 g/mol. The molecule has 2 nitrogen and oxygen atoms in total. The molecule has 0 radical (unpaired) electrons. The highest BCUT2D eigenvalue weighted by Crippen LogP contribution is 2.25. The Labute approximate surface area is 106 Å². The van der Waals surface area contributed by atoms with Crippen LogP contribution in [-0.2, 0) is 0 Å². The van der Waals surface area contributed by atoms with Crippen molar-refractivity contribution in [2.24, 2.45) is 0 Å². The quantitative estimate of drug-likeness (QED) is 0.797. The molecule has 0 aliphatic carbocycles. The summed E-state index contributed by atoms with van der Waals surface area (Å²) in [6.07, 6.45) is 1.10. The van der Waals surface area contributed by atoms with Crippen LogP contribution in [0, 0.1) is 0 Å². The third-order valence-corrected chi connectivity index (χ3v) is 2.88. The summed E-state index contributed by atoms with van der Waals surface area (Å²) in [5.74, 6) is 0. The number of aliphatic hydroxyl groups excluding tert-OH is 1. The Morgan fingerprint density at radius 2 is 2.19 bits per heavy atom. The smallest absolute Gasteiger partial charge is 0.0929 e. The Morgan fingerprint density at radius 1 is 1.50 bits per heavy atom. The van der Waals surface area contributed by atoms with Crippen LogP contribution in [0.15, 0.2) is 30.9 Å². The molecule has 0 fully saturated rings. The number of aliphatic hydroxyl groups is 1. The van der Waals surface area contributed by atoms with Gasteiger partial charge in [0, 0.05) is 28.2 Å². The number of hydrogen-bond acceptors (Lipinski definition) is 2. The van der Waals surface area contributed by atoms with Crippen molar-refractivity contribution in [1.29, 1.82) is 0 Å². The molecule has 0 amide bonds. The first kappa shape index (κ1) is 13.5. The van der Waals surface area contributed by atoms with E-state index in [2.05, 4.69) is 11.9 Å². The summed E-state index contributed by atoms with van der Waals surface area (Å²) in [6.45, 7) is 6.02. The molecule has 0 saturated heterocycles. The van der Waals surface area contributed by atoms with E-state index in [4.69, 9.17) is 23.2 Å². The van der Waals surface area contributed by atoms with Gasteiger partial charge in [0.1, 0.15) is 0 Å².